The molecule has 0 aromatic heterocycles. The number of hydrogen-bond donors (Lipinski definition) is 0. The van der Waals surface area contributed by atoms with Crippen LogP contribution in [0.15, 0.2) is 47.4 Å². The fourth-order valence-corrected chi connectivity index (χ4v) is 5.46. The van der Waals surface area contributed by atoms with Crippen LogP contribution in [0.2, 0.25) is 0 Å². The second kappa shape index (κ2) is 4.98. The molecule has 10 heteroatoms. The molecule has 3 nitrogen and oxygen atoms in total. The number of sulfonamides is 1. The summed E-state index contributed by atoms with van der Waals surface area (Å²) in [5, 5.41) is 0. The summed E-state index contributed by atoms with van der Waals surface area (Å²) < 4.78 is 106. The van der Waals surface area contributed by atoms with Gasteiger partial charge in [-0.05, 0) is 18.6 Å². The maximum atomic E-state index is 13.6. The second-order valence-electron chi connectivity index (χ2n) is 5.67. The summed E-state index contributed by atoms with van der Waals surface area (Å²) in [6.45, 7) is 0. The monoisotopic (exact) mass is 371 g/mol. The van der Waals surface area contributed by atoms with E-state index in [-0.39, 0.29) is 0 Å². The Morgan fingerprint density at radius 3 is 2.00 bits per heavy atom. The van der Waals surface area contributed by atoms with Crippen LogP contribution in [-0.4, -0.2) is 36.7 Å². The lowest BCUT2D eigenvalue weighted by Gasteiger charge is -2.45. The minimum atomic E-state index is -5.81. The number of halogens is 6. The predicted molar refractivity (Wildman–Crippen MR) is 71.3 cm³/mol. The molecule has 0 spiro atoms. The van der Waals surface area contributed by atoms with Gasteiger partial charge in [0.15, 0.2) is 0 Å². The van der Waals surface area contributed by atoms with Crippen LogP contribution >= 0.6 is 0 Å². The van der Waals surface area contributed by atoms with Crippen LogP contribution in [0.4, 0.5) is 26.3 Å². The number of hydrogen-bond acceptors (Lipinski definition) is 2. The minimum absolute atomic E-state index is 0.403. The van der Waals surface area contributed by atoms with E-state index in [1.165, 1.54) is 18.2 Å². The average molecular weight is 371 g/mol. The molecule has 0 saturated carbocycles. The van der Waals surface area contributed by atoms with Crippen LogP contribution in [0.25, 0.3) is 0 Å². The quantitative estimate of drug-likeness (QED) is 0.590. The molecule has 1 aliphatic carbocycles. The molecular formula is C14H11F6NO2S. The van der Waals surface area contributed by atoms with Gasteiger partial charge in [0.25, 0.3) is 0 Å². The highest BCUT2D eigenvalue weighted by Crippen LogP contribution is 2.61. The highest BCUT2D eigenvalue weighted by Gasteiger charge is 2.83. The maximum absolute atomic E-state index is 13.6. The van der Waals surface area contributed by atoms with E-state index >= 15 is 0 Å². The third kappa shape index (κ3) is 2.05. The van der Waals surface area contributed by atoms with Gasteiger partial charge in [-0.3, -0.25) is 0 Å². The molecule has 2 atom stereocenters. The van der Waals surface area contributed by atoms with Gasteiger partial charge in [-0.2, -0.15) is 30.6 Å². The molecule has 1 fully saturated rings. The largest absolute Gasteiger partial charge is 0.417 e. The molecule has 1 saturated heterocycles. The van der Waals surface area contributed by atoms with Crippen LogP contribution in [0.3, 0.4) is 0 Å². The van der Waals surface area contributed by atoms with Crippen molar-refractivity contribution in [2.75, 3.05) is 0 Å². The lowest BCUT2D eigenvalue weighted by atomic mass is 9.84. The van der Waals surface area contributed by atoms with Gasteiger partial charge in [-0.15, -0.1) is 0 Å². The summed E-state index contributed by atoms with van der Waals surface area (Å²) in [4.78, 5) is -0.608. The number of alkyl halides is 6. The third-order valence-corrected chi connectivity index (χ3v) is 6.36. The van der Waals surface area contributed by atoms with Gasteiger partial charge < -0.3 is 0 Å². The summed E-state index contributed by atoms with van der Waals surface area (Å²) in [7, 11) is -5.00. The summed E-state index contributed by atoms with van der Waals surface area (Å²) in [6.07, 6.45) is -10.3. The van der Waals surface area contributed by atoms with E-state index in [0.29, 0.717) is 0 Å². The molecule has 1 aromatic rings. The molecule has 2 bridgehead atoms. The van der Waals surface area contributed by atoms with Crippen LogP contribution in [0.5, 0.6) is 0 Å². The Morgan fingerprint density at radius 1 is 0.958 bits per heavy atom. The summed E-state index contributed by atoms with van der Waals surface area (Å²) in [5.41, 5.74) is -4.45. The summed E-state index contributed by atoms with van der Waals surface area (Å²) in [5.74, 6) is -2.00. The molecule has 2 aliphatic rings. The normalized spacial score (nSPS) is 26.9. The molecule has 132 valence electrons. The Balaban J connectivity index is 2.28. The second-order valence-corrected chi connectivity index (χ2v) is 7.49. The maximum Gasteiger partial charge on any atom is 0.417 e. The SMILES string of the molecule is O=S(=O)(c1ccccc1)N1[C@@H]2C=C[C@@H](C2)C1(C(F)(F)F)C(F)(F)F. The van der Waals surface area contributed by atoms with Gasteiger partial charge in [0.05, 0.1) is 4.90 Å². The summed E-state index contributed by atoms with van der Waals surface area (Å²) >= 11 is 0. The van der Waals surface area contributed by atoms with Crippen molar-refractivity contribution in [1.29, 1.82) is 0 Å². The van der Waals surface area contributed by atoms with Crippen LogP contribution < -0.4 is 0 Å². The van der Waals surface area contributed by atoms with Crippen LogP contribution in [0.1, 0.15) is 6.42 Å². The van der Waals surface area contributed by atoms with Crippen molar-refractivity contribution in [3.05, 3.63) is 42.5 Å². The Morgan fingerprint density at radius 2 is 1.50 bits per heavy atom. The average Bonchev–Trinajstić information content (AvgIpc) is 3.05. The van der Waals surface area contributed by atoms with Crippen molar-refractivity contribution in [1.82, 2.24) is 4.31 Å². The first-order chi connectivity index (χ1) is 10.9. The topological polar surface area (TPSA) is 37.4 Å². The third-order valence-electron chi connectivity index (χ3n) is 4.41. The summed E-state index contributed by atoms with van der Waals surface area (Å²) in [6, 6.07) is 4.35. The van der Waals surface area contributed by atoms with Gasteiger partial charge in [0.2, 0.25) is 15.6 Å². The van der Waals surface area contributed by atoms with E-state index in [2.05, 4.69) is 0 Å². The molecule has 1 aliphatic heterocycles. The highest BCUT2D eigenvalue weighted by molar-refractivity contribution is 7.89. The molecule has 1 aromatic carbocycles. The van der Waals surface area contributed by atoms with Crippen molar-refractivity contribution in [3.8, 4) is 0 Å². The van der Waals surface area contributed by atoms with E-state index in [9.17, 15) is 34.8 Å². The molecule has 0 radical (unpaired) electrons. The highest BCUT2D eigenvalue weighted by atomic mass is 32.2. The minimum Gasteiger partial charge on any atom is -0.207 e. The lowest BCUT2D eigenvalue weighted by Crippen LogP contribution is -2.70. The van der Waals surface area contributed by atoms with Gasteiger partial charge in [-0.1, -0.05) is 30.4 Å². The predicted octanol–water partition coefficient (Wildman–Crippen LogP) is 3.50. The first-order valence-corrected chi connectivity index (χ1v) is 8.29. The van der Waals surface area contributed by atoms with Crippen molar-refractivity contribution in [3.63, 3.8) is 0 Å². The fraction of sp³-hybridized carbons (Fsp3) is 0.429. The zero-order chi connectivity index (χ0) is 18.0. The van der Waals surface area contributed by atoms with E-state index in [1.54, 1.807) is 0 Å². The van der Waals surface area contributed by atoms with Crippen molar-refractivity contribution < 1.29 is 34.8 Å². The van der Waals surface area contributed by atoms with Crippen molar-refractivity contribution >= 4 is 10.0 Å². The zero-order valence-corrected chi connectivity index (χ0v) is 12.7. The number of benzene rings is 1. The van der Waals surface area contributed by atoms with E-state index in [1.807, 2.05) is 0 Å². The molecule has 0 amide bonds. The lowest BCUT2D eigenvalue weighted by molar-refractivity contribution is -0.331. The van der Waals surface area contributed by atoms with Crippen LogP contribution in [0, 0.1) is 5.92 Å². The molecule has 24 heavy (non-hydrogen) atoms. The number of nitrogens with zero attached hydrogens (tertiary/aromatic N) is 1. The molecule has 1 heterocycles. The fourth-order valence-electron chi connectivity index (χ4n) is 3.49. The van der Waals surface area contributed by atoms with E-state index in [0.717, 1.165) is 24.3 Å². The van der Waals surface area contributed by atoms with Gasteiger partial charge in [0.1, 0.15) is 0 Å². The van der Waals surface area contributed by atoms with Crippen molar-refractivity contribution in [2.45, 2.75) is 35.2 Å². The Kier molecular flexibility index (Phi) is 3.58. The number of rotatable bonds is 2. The standard InChI is InChI=1S/C14H11F6NO2S/c15-13(16,17)12(14(18,19)20)9-6-7-10(8-9)21(12)24(22,23)11-4-2-1-3-5-11/h1-7,9-10H,8H2/t9-,10+/m0/s1. The molecule has 0 N–H and O–H groups in total. The Hall–Kier alpha value is -1.55. The zero-order valence-electron chi connectivity index (χ0n) is 11.8. The van der Waals surface area contributed by atoms with Gasteiger partial charge >= 0.3 is 12.4 Å². The number of fused-ring (bicyclic) bond motifs is 2. The molecule has 0 unspecified atom stereocenters. The van der Waals surface area contributed by atoms with Crippen LogP contribution in [-0.2, 0) is 10.0 Å². The smallest absolute Gasteiger partial charge is 0.207 e. The van der Waals surface area contributed by atoms with E-state index < -0.39 is 55.5 Å². The van der Waals surface area contributed by atoms with Gasteiger partial charge in [-0.25, -0.2) is 8.42 Å². The molecule has 3 rings (SSSR count). The Labute approximate surface area is 133 Å². The first kappa shape index (κ1) is 17.3. The molecular weight excluding hydrogens is 360 g/mol. The van der Waals surface area contributed by atoms with Crippen molar-refractivity contribution in [2.24, 2.45) is 5.92 Å². The van der Waals surface area contributed by atoms with E-state index in [4.69, 9.17) is 0 Å². The Bertz CT molecular complexity index is 755. The first-order valence-electron chi connectivity index (χ1n) is 6.85. The van der Waals surface area contributed by atoms with Gasteiger partial charge in [0, 0.05) is 12.0 Å².